The summed E-state index contributed by atoms with van der Waals surface area (Å²) in [5.41, 5.74) is 6.07. The minimum atomic E-state index is 0.162. The molecule has 28 heavy (non-hydrogen) atoms. The zero-order valence-corrected chi connectivity index (χ0v) is 17.4. The van der Waals surface area contributed by atoms with E-state index in [0.717, 1.165) is 34.0 Å². The Morgan fingerprint density at radius 3 is 2.25 bits per heavy atom. The molecule has 0 fully saturated rings. The summed E-state index contributed by atoms with van der Waals surface area (Å²) >= 11 is 6.41. The van der Waals surface area contributed by atoms with Crippen LogP contribution in [0.3, 0.4) is 0 Å². The van der Waals surface area contributed by atoms with Crippen LogP contribution in [0.5, 0.6) is 0 Å². The predicted octanol–water partition coefficient (Wildman–Crippen LogP) is 6.63. The summed E-state index contributed by atoms with van der Waals surface area (Å²) < 4.78 is 2.31. The molecule has 0 bridgehead atoms. The molecular weight excluding hydrogens is 364 g/mol. The third-order valence-corrected chi connectivity index (χ3v) is 5.57. The average Bonchev–Trinajstić information content (AvgIpc) is 3.01. The molecule has 4 rings (SSSR count). The molecule has 0 aliphatic heterocycles. The molecule has 0 saturated heterocycles. The number of hydrogen-bond donors (Lipinski definition) is 0. The highest BCUT2D eigenvalue weighted by molar-refractivity contribution is 6.31. The van der Waals surface area contributed by atoms with Gasteiger partial charge in [0, 0.05) is 18.0 Å². The van der Waals surface area contributed by atoms with E-state index in [2.05, 4.69) is 73.9 Å². The molecule has 0 spiro atoms. The van der Waals surface area contributed by atoms with Crippen molar-refractivity contribution in [2.24, 2.45) is 0 Å². The van der Waals surface area contributed by atoms with Gasteiger partial charge in [-0.15, -0.1) is 0 Å². The van der Waals surface area contributed by atoms with Crippen LogP contribution in [-0.2, 0) is 18.4 Å². The summed E-state index contributed by atoms with van der Waals surface area (Å²) in [6.45, 7) is 7.53. The van der Waals surface area contributed by atoms with Crippen LogP contribution in [0.4, 0.5) is 0 Å². The predicted molar refractivity (Wildman–Crippen MR) is 118 cm³/mol. The summed E-state index contributed by atoms with van der Waals surface area (Å²) in [7, 11) is 0. The highest BCUT2D eigenvalue weighted by Crippen LogP contribution is 2.25. The first-order chi connectivity index (χ1) is 13.4. The van der Waals surface area contributed by atoms with E-state index in [1.807, 2.05) is 24.3 Å². The van der Waals surface area contributed by atoms with Crippen LogP contribution in [0.15, 0.2) is 72.8 Å². The first kappa shape index (κ1) is 18.8. The maximum absolute atomic E-state index is 6.41. The fourth-order valence-corrected chi connectivity index (χ4v) is 3.74. The largest absolute Gasteiger partial charge is 0.323 e. The highest BCUT2D eigenvalue weighted by Gasteiger charge is 2.15. The van der Waals surface area contributed by atoms with Gasteiger partial charge in [0.2, 0.25) is 0 Å². The molecule has 0 atom stereocenters. The van der Waals surface area contributed by atoms with Crippen LogP contribution in [0.2, 0.25) is 5.02 Å². The van der Waals surface area contributed by atoms with Gasteiger partial charge in [0.15, 0.2) is 0 Å². The molecule has 0 aliphatic rings. The minimum absolute atomic E-state index is 0.162. The van der Waals surface area contributed by atoms with Crippen LogP contribution < -0.4 is 0 Å². The van der Waals surface area contributed by atoms with Crippen LogP contribution in [0, 0.1) is 0 Å². The van der Waals surface area contributed by atoms with Gasteiger partial charge in [-0.1, -0.05) is 87.0 Å². The smallest absolute Gasteiger partial charge is 0.114 e. The molecule has 0 saturated carbocycles. The second kappa shape index (κ2) is 7.44. The van der Waals surface area contributed by atoms with Crippen molar-refractivity contribution >= 4 is 22.6 Å². The Kier molecular flexibility index (Phi) is 4.99. The molecule has 0 aliphatic carbocycles. The third kappa shape index (κ3) is 3.83. The number of imidazole rings is 1. The van der Waals surface area contributed by atoms with Crippen molar-refractivity contribution in [3.63, 3.8) is 0 Å². The molecule has 1 heterocycles. The second-order valence-corrected chi connectivity index (χ2v) is 8.73. The van der Waals surface area contributed by atoms with Gasteiger partial charge in [0.05, 0.1) is 11.0 Å². The fraction of sp³-hybridized carbons (Fsp3) is 0.240. The van der Waals surface area contributed by atoms with E-state index < -0.39 is 0 Å². The zero-order valence-electron chi connectivity index (χ0n) is 16.6. The highest BCUT2D eigenvalue weighted by atomic mass is 35.5. The average molecular weight is 389 g/mol. The molecule has 3 heteroatoms. The standard InChI is InChI=1S/C25H25ClN2/c1-25(2,3)20-14-12-18(13-15-20)17-28-23-11-7-6-10-22(23)27-24(28)16-19-8-4-5-9-21(19)26/h4-15H,16-17H2,1-3H3. The van der Waals surface area contributed by atoms with Crippen LogP contribution in [-0.4, -0.2) is 9.55 Å². The number of rotatable bonds is 4. The monoisotopic (exact) mass is 388 g/mol. The number of aromatic nitrogens is 2. The zero-order chi connectivity index (χ0) is 19.7. The van der Waals surface area contributed by atoms with E-state index >= 15 is 0 Å². The van der Waals surface area contributed by atoms with E-state index in [0.29, 0.717) is 6.42 Å². The summed E-state index contributed by atoms with van der Waals surface area (Å²) in [4.78, 5) is 4.91. The van der Waals surface area contributed by atoms with Crippen molar-refractivity contribution in [3.05, 3.63) is 100 Å². The lowest BCUT2D eigenvalue weighted by Gasteiger charge is -2.19. The molecule has 3 aromatic carbocycles. The van der Waals surface area contributed by atoms with E-state index in [1.54, 1.807) is 0 Å². The normalized spacial score (nSPS) is 11.9. The van der Waals surface area contributed by atoms with Crippen LogP contribution in [0.1, 0.15) is 43.3 Å². The lowest BCUT2D eigenvalue weighted by Crippen LogP contribution is -2.11. The topological polar surface area (TPSA) is 17.8 Å². The third-order valence-electron chi connectivity index (χ3n) is 5.20. The van der Waals surface area contributed by atoms with Crippen LogP contribution in [0.25, 0.3) is 11.0 Å². The lowest BCUT2D eigenvalue weighted by molar-refractivity contribution is 0.589. The van der Waals surface area contributed by atoms with Crippen molar-refractivity contribution in [1.29, 1.82) is 0 Å². The number of nitrogens with zero attached hydrogens (tertiary/aromatic N) is 2. The Morgan fingerprint density at radius 2 is 1.54 bits per heavy atom. The number of halogens is 1. The number of para-hydroxylation sites is 2. The van der Waals surface area contributed by atoms with Gasteiger partial charge >= 0.3 is 0 Å². The molecule has 0 amide bonds. The van der Waals surface area contributed by atoms with E-state index in [9.17, 15) is 0 Å². The summed E-state index contributed by atoms with van der Waals surface area (Å²) in [6.07, 6.45) is 0.717. The molecule has 1 aromatic heterocycles. The fourth-order valence-electron chi connectivity index (χ4n) is 3.54. The molecule has 2 nitrogen and oxygen atoms in total. The van der Waals surface area contributed by atoms with E-state index in [4.69, 9.17) is 16.6 Å². The number of fused-ring (bicyclic) bond motifs is 1. The van der Waals surface area contributed by atoms with Gasteiger partial charge in [-0.25, -0.2) is 4.98 Å². The minimum Gasteiger partial charge on any atom is -0.323 e. The van der Waals surface area contributed by atoms with Crippen molar-refractivity contribution in [2.45, 2.75) is 39.2 Å². The maximum atomic E-state index is 6.41. The van der Waals surface area contributed by atoms with Gasteiger partial charge in [-0.3, -0.25) is 0 Å². The van der Waals surface area contributed by atoms with Crippen molar-refractivity contribution in [2.75, 3.05) is 0 Å². The van der Waals surface area contributed by atoms with Gasteiger partial charge in [-0.05, 0) is 40.3 Å². The Morgan fingerprint density at radius 1 is 0.857 bits per heavy atom. The van der Waals surface area contributed by atoms with Crippen molar-refractivity contribution in [3.8, 4) is 0 Å². The maximum Gasteiger partial charge on any atom is 0.114 e. The first-order valence-electron chi connectivity index (χ1n) is 9.69. The molecule has 142 valence electrons. The first-order valence-corrected chi connectivity index (χ1v) is 10.1. The molecule has 0 N–H and O–H groups in total. The molecule has 0 radical (unpaired) electrons. The summed E-state index contributed by atoms with van der Waals surface area (Å²) in [5.74, 6) is 1.04. The Balaban J connectivity index is 1.72. The van der Waals surface area contributed by atoms with Gasteiger partial charge < -0.3 is 4.57 Å². The van der Waals surface area contributed by atoms with Crippen molar-refractivity contribution in [1.82, 2.24) is 9.55 Å². The lowest BCUT2D eigenvalue weighted by atomic mass is 9.87. The second-order valence-electron chi connectivity index (χ2n) is 8.32. The summed E-state index contributed by atoms with van der Waals surface area (Å²) in [6, 6.07) is 25.3. The molecule has 4 aromatic rings. The molecular formula is C25H25ClN2. The quantitative estimate of drug-likeness (QED) is 0.383. The Labute approximate surface area is 171 Å². The number of hydrogen-bond acceptors (Lipinski definition) is 1. The van der Waals surface area contributed by atoms with Gasteiger partial charge in [0.1, 0.15) is 5.82 Å². The van der Waals surface area contributed by atoms with E-state index in [1.165, 1.54) is 11.1 Å². The van der Waals surface area contributed by atoms with Crippen molar-refractivity contribution < 1.29 is 0 Å². The summed E-state index contributed by atoms with van der Waals surface area (Å²) in [5, 5.41) is 0.788. The SMILES string of the molecule is CC(C)(C)c1ccc(Cn2c(Cc3ccccc3Cl)nc3ccccc32)cc1. The van der Waals surface area contributed by atoms with Gasteiger partial charge in [0.25, 0.3) is 0 Å². The van der Waals surface area contributed by atoms with Crippen LogP contribution >= 0.6 is 11.6 Å². The number of benzene rings is 3. The molecule has 0 unspecified atom stereocenters. The van der Waals surface area contributed by atoms with E-state index in [-0.39, 0.29) is 5.41 Å². The Hall–Kier alpha value is -2.58. The Bertz CT molecular complexity index is 1100. The van der Waals surface area contributed by atoms with Gasteiger partial charge in [-0.2, -0.15) is 0 Å².